The molecule has 0 aliphatic heterocycles. The van der Waals surface area contributed by atoms with Gasteiger partial charge in [0.15, 0.2) is 0 Å². The quantitative estimate of drug-likeness (QED) is 0.388. The molecule has 0 bridgehead atoms. The molecule has 0 spiro atoms. The first-order valence-electron chi connectivity index (χ1n) is 13.4. The number of hydrogen-bond acceptors (Lipinski definition) is 4. The molecule has 3 aromatic carbocycles. The van der Waals surface area contributed by atoms with Gasteiger partial charge >= 0.3 is 0 Å². The van der Waals surface area contributed by atoms with E-state index >= 15 is 0 Å². The molecule has 4 rings (SSSR count). The van der Waals surface area contributed by atoms with Crippen LogP contribution in [-0.2, 0) is 26.2 Å². The molecule has 1 aliphatic rings. The van der Waals surface area contributed by atoms with Crippen LogP contribution in [0.3, 0.4) is 0 Å². The summed E-state index contributed by atoms with van der Waals surface area (Å²) >= 11 is 0. The number of sulfonamides is 1. The normalized spacial score (nSPS) is 14.5. The number of amides is 2. The van der Waals surface area contributed by atoms with Gasteiger partial charge in [0.2, 0.25) is 11.8 Å². The monoisotopic (exact) mass is 547 g/mol. The highest BCUT2D eigenvalue weighted by molar-refractivity contribution is 7.92. The Labute approximate surface area is 231 Å². The molecule has 0 aromatic heterocycles. The highest BCUT2D eigenvalue weighted by Crippen LogP contribution is 2.25. The summed E-state index contributed by atoms with van der Waals surface area (Å²) in [6.45, 7) is 5.31. The largest absolute Gasteiger partial charge is 0.352 e. The van der Waals surface area contributed by atoms with Crippen LogP contribution in [0.25, 0.3) is 0 Å². The van der Waals surface area contributed by atoms with Gasteiger partial charge in [-0.15, -0.1) is 0 Å². The first-order valence-corrected chi connectivity index (χ1v) is 14.9. The van der Waals surface area contributed by atoms with Gasteiger partial charge in [0.1, 0.15) is 12.6 Å². The second-order valence-corrected chi connectivity index (χ2v) is 12.2. The summed E-state index contributed by atoms with van der Waals surface area (Å²) in [5.74, 6) is -0.680. The van der Waals surface area contributed by atoms with Crippen LogP contribution in [0.1, 0.15) is 49.3 Å². The van der Waals surface area contributed by atoms with Gasteiger partial charge in [-0.1, -0.05) is 73.0 Å². The molecular weight excluding hydrogens is 510 g/mol. The van der Waals surface area contributed by atoms with Gasteiger partial charge < -0.3 is 10.2 Å². The minimum absolute atomic E-state index is 0.0939. The Morgan fingerprint density at radius 1 is 0.897 bits per heavy atom. The van der Waals surface area contributed by atoms with Crippen molar-refractivity contribution >= 4 is 27.5 Å². The van der Waals surface area contributed by atoms with E-state index in [1.54, 1.807) is 43.3 Å². The van der Waals surface area contributed by atoms with Crippen LogP contribution >= 0.6 is 0 Å². The maximum atomic E-state index is 14.0. The van der Waals surface area contributed by atoms with Crippen LogP contribution < -0.4 is 9.62 Å². The molecule has 0 heterocycles. The van der Waals surface area contributed by atoms with Gasteiger partial charge in [-0.05, 0) is 69.0 Å². The number of aryl methyl sites for hydroxylation is 2. The third kappa shape index (κ3) is 7.06. The van der Waals surface area contributed by atoms with Crippen LogP contribution in [0.5, 0.6) is 0 Å². The Hall–Kier alpha value is -3.65. The van der Waals surface area contributed by atoms with Crippen molar-refractivity contribution in [1.82, 2.24) is 10.2 Å². The summed E-state index contributed by atoms with van der Waals surface area (Å²) < 4.78 is 28.8. The number of benzene rings is 3. The zero-order valence-corrected chi connectivity index (χ0v) is 23.7. The van der Waals surface area contributed by atoms with E-state index < -0.39 is 28.5 Å². The molecular formula is C31H37N3O4S. The molecule has 1 atom stereocenters. The molecule has 39 heavy (non-hydrogen) atoms. The molecule has 3 aromatic rings. The highest BCUT2D eigenvalue weighted by atomic mass is 32.2. The van der Waals surface area contributed by atoms with Crippen molar-refractivity contribution in [2.24, 2.45) is 0 Å². The lowest BCUT2D eigenvalue weighted by molar-refractivity contribution is -0.139. The summed E-state index contributed by atoms with van der Waals surface area (Å²) in [6.07, 6.45) is 4.02. The van der Waals surface area contributed by atoms with Gasteiger partial charge in [0.25, 0.3) is 10.0 Å². The van der Waals surface area contributed by atoms with Crippen molar-refractivity contribution in [2.75, 3.05) is 10.8 Å². The first-order chi connectivity index (χ1) is 18.6. The average Bonchev–Trinajstić information content (AvgIpc) is 3.44. The predicted octanol–water partition coefficient (Wildman–Crippen LogP) is 4.97. The fraction of sp³-hybridized carbons (Fsp3) is 0.355. The summed E-state index contributed by atoms with van der Waals surface area (Å²) in [5, 5.41) is 3.09. The SMILES string of the molecule is Cc1ccc(CN(C(=O)CN(c2cccc(C)c2)S(=O)(=O)c2ccccc2)C(C)C(=O)NC2CCCC2)cc1. The maximum Gasteiger partial charge on any atom is 0.264 e. The molecule has 0 saturated heterocycles. The van der Waals surface area contributed by atoms with Crippen LogP contribution in [0.4, 0.5) is 5.69 Å². The second-order valence-electron chi connectivity index (χ2n) is 10.3. The molecule has 206 valence electrons. The third-order valence-corrected chi connectivity index (χ3v) is 9.03. The van der Waals surface area contributed by atoms with Crippen molar-refractivity contribution in [3.63, 3.8) is 0 Å². The minimum Gasteiger partial charge on any atom is -0.352 e. The maximum absolute atomic E-state index is 14.0. The second kappa shape index (κ2) is 12.5. The Balaban J connectivity index is 1.67. The van der Waals surface area contributed by atoms with Crippen molar-refractivity contribution in [3.8, 4) is 0 Å². The minimum atomic E-state index is -4.06. The van der Waals surface area contributed by atoms with Crippen molar-refractivity contribution in [2.45, 2.75) is 70.0 Å². The fourth-order valence-corrected chi connectivity index (χ4v) is 6.32. The molecule has 0 radical (unpaired) electrons. The number of nitrogens with zero attached hydrogens (tertiary/aromatic N) is 2. The van der Waals surface area contributed by atoms with E-state index in [1.807, 2.05) is 44.2 Å². The summed E-state index contributed by atoms with van der Waals surface area (Å²) in [5.41, 5.74) is 3.21. The third-order valence-electron chi connectivity index (χ3n) is 7.24. The summed E-state index contributed by atoms with van der Waals surface area (Å²) in [4.78, 5) is 28.8. The van der Waals surface area contributed by atoms with Crippen LogP contribution in [-0.4, -0.2) is 43.8 Å². The number of nitrogens with one attached hydrogen (secondary N) is 1. The van der Waals surface area contributed by atoms with E-state index in [0.29, 0.717) is 5.69 Å². The molecule has 1 aliphatic carbocycles. The Bertz CT molecular complexity index is 1380. The summed E-state index contributed by atoms with van der Waals surface area (Å²) in [6, 6.07) is 22.3. The van der Waals surface area contributed by atoms with E-state index in [0.717, 1.165) is 46.7 Å². The molecule has 1 fully saturated rings. The number of hydrogen-bond donors (Lipinski definition) is 1. The molecule has 8 heteroatoms. The van der Waals surface area contributed by atoms with Gasteiger partial charge in [-0.3, -0.25) is 13.9 Å². The van der Waals surface area contributed by atoms with Crippen molar-refractivity contribution in [3.05, 3.63) is 95.6 Å². The zero-order chi connectivity index (χ0) is 28.0. The smallest absolute Gasteiger partial charge is 0.264 e. The lowest BCUT2D eigenvalue weighted by atomic mass is 10.1. The number of rotatable bonds is 10. The molecule has 1 saturated carbocycles. The lowest BCUT2D eigenvalue weighted by Crippen LogP contribution is -2.52. The topological polar surface area (TPSA) is 86.8 Å². The first kappa shape index (κ1) is 28.4. The average molecular weight is 548 g/mol. The Morgan fingerprint density at radius 2 is 1.56 bits per heavy atom. The van der Waals surface area contributed by atoms with E-state index in [2.05, 4.69) is 5.32 Å². The summed E-state index contributed by atoms with van der Waals surface area (Å²) in [7, 11) is -4.06. The highest BCUT2D eigenvalue weighted by Gasteiger charge is 2.33. The lowest BCUT2D eigenvalue weighted by Gasteiger charge is -2.32. The Kier molecular flexibility index (Phi) is 9.07. The van der Waals surface area contributed by atoms with Gasteiger partial charge in [0, 0.05) is 12.6 Å². The van der Waals surface area contributed by atoms with Gasteiger partial charge in [-0.2, -0.15) is 0 Å². The molecule has 1 N–H and O–H groups in total. The zero-order valence-electron chi connectivity index (χ0n) is 22.8. The molecule has 1 unspecified atom stereocenters. The Morgan fingerprint density at radius 3 is 2.21 bits per heavy atom. The standard InChI is InChI=1S/C31H37N3O4S/c1-23-16-18-26(19-17-23)21-33(25(3)31(36)32-27-11-7-8-12-27)30(35)22-34(28-13-9-10-24(2)20-28)39(37,38)29-14-5-4-6-15-29/h4-6,9-10,13-20,25,27H,7-8,11-12,21-22H2,1-3H3,(H,32,36). The van der Waals surface area contributed by atoms with E-state index in [1.165, 1.54) is 17.0 Å². The van der Waals surface area contributed by atoms with E-state index in [-0.39, 0.29) is 23.4 Å². The van der Waals surface area contributed by atoms with Crippen LogP contribution in [0.15, 0.2) is 83.8 Å². The number of carbonyl (C=O) groups excluding carboxylic acids is 2. The van der Waals surface area contributed by atoms with Crippen LogP contribution in [0.2, 0.25) is 0 Å². The predicted molar refractivity (Wildman–Crippen MR) is 154 cm³/mol. The van der Waals surface area contributed by atoms with Crippen LogP contribution in [0, 0.1) is 13.8 Å². The van der Waals surface area contributed by atoms with Gasteiger partial charge in [0.05, 0.1) is 10.6 Å². The van der Waals surface area contributed by atoms with E-state index in [9.17, 15) is 18.0 Å². The van der Waals surface area contributed by atoms with E-state index in [4.69, 9.17) is 0 Å². The van der Waals surface area contributed by atoms with Crippen molar-refractivity contribution in [1.29, 1.82) is 0 Å². The number of anilines is 1. The van der Waals surface area contributed by atoms with Gasteiger partial charge in [-0.25, -0.2) is 8.42 Å². The fourth-order valence-electron chi connectivity index (χ4n) is 4.90. The molecule has 7 nitrogen and oxygen atoms in total. The van der Waals surface area contributed by atoms with Crippen molar-refractivity contribution < 1.29 is 18.0 Å². The number of carbonyl (C=O) groups is 2. The molecule has 2 amide bonds.